The molecule has 0 aliphatic heterocycles. The van der Waals surface area contributed by atoms with Gasteiger partial charge in [-0.25, -0.2) is 4.79 Å². The van der Waals surface area contributed by atoms with Gasteiger partial charge in [0.15, 0.2) is 0 Å². The van der Waals surface area contributed by atoms with Crippen molar-refractivity contribution in [1.29, 1.82) is 0 Å². The lowest BCUT2D eigenvalue weighted by molar-refractivity contribution is 0.0697. The SMILES string of the molecule is COc1ccc(C(=O)O)cc1-c1noc(CCCCCOCc2c(-c3c(Cl)cncc3Cl)noc2C2CC2)n1. The highest BCUT2D eigenvalue weighted by Gasteiger charge is 2.33. The number of carbonyl (C=O) groups is 1. The first-order chi connectivity index (χ1) is 19.0. The van der Waals surface area contributed by atoms with Gasteiger partial charge < -0.3 is 23.6 Å². The molecule has 1 fully saturated rings. The first kappa shape index (κ1) is 27.1. The second-order valence-electron chi connectivity index (χ2n) is 9.22. The van der Waals surface area contributed by atoms with Gasteiger partial charge in [0.1, 0.15) is 17.2 Å². The van der Waals surface area contributed by atoms with Crippen LogP contribution in [0.5, 0.6) is 5.75 Å². The van der Waals surface area contributed by atoms with E-state index in [1.165, 1.54) is 31.6 Å². The Hall–Kier alpha value is -3.47. The summed E-state index contributed by atoms with van der Waals surface area (Å²) in [6, 6.07) is 4.51. The van der Waals surface area contributed by atoms with Crippen molar-refractivity contribution < 1.29 is 28.4 Å². The van der Waals surface area contributed by atoms with Crippen LogP contribution in [-0.2, 0) is 17.8 Å². The summed E-state index contributed by atoms with van der Waals surface area (Å²) in [7, 11) is 1.50. The predicted octanol–water partition coefficient (Wildman–Crippen LogP) is 6.61. The number of carboxylic acid groups (broad SMARTS) is 1. The Balaban J connectivity index is 1.12. The minimum atomic E-state index is -1.04. The summed E-state index contributed by atoms with van der Waals surface area (Å²) >= 11 is 12.7. The number of hydrogen-bond donors (Lipinski definition) is 1. The van der Waals surface area contributed by atoms with Gasteiger partial charge in [0.25, 0.3) is 0 Å². The molecule has 5 rings (SSSR count). The smallest absolute Gasteiger partial charge is 0.335 e. The Morgan fingerprint density at radius 1 is 1.10 bits per heavy atom. The van der Waals surface area contributed by atoms with Crippen LogP contribution < -0.4 is 4.74 Å². The van der Waals surface area contributed by atoms with Crippen molar-refractivity contribution in [2.24, 2.45) is 0 Å². The number of aromatic nitrogens is 4. The highest BCUT2D eigenvalue weighted by Crippen LogP contribution is 2.46. The van der Waals surface area contributed by atoms with E-state index in [4.69, 9.17) is 41.7 Å². The second kappa shape index (κ2) is 12.1. The van der Waals surface area contributed by atoms with Gasteiger partial charge in [-0.05, 0) is 43.9 Å². The van der Waals surface area contributed by atoms with Crippen molar-refractivity contribution in [2.45, 2.75) is 51.0 Å². The fraction of sp³-hybridized carbons (Fsp3) is 0.370. The van der Waals surface area contributed by atoms with Crippen molar-refractivity contribution >= 4 is 29.2 Å². The molecule has 12 heteroatoms. The molecule has 0 atom stereocenters. The third-order valence-corrected chi connectivity index (χ3v) is 7.01. The molecule has 0 spiro atoms. The van der Waals surface area contributed by atoms with Gasteiger partial charge in [-0.1, -0.05) is 39.9 Å². The van der Waals surface area contributed by atoms with Crippen molar-refractivity contribution in [3.05, 3.63) is 63.4 Å². The Morgan fingerprint density at radius 3 is 2.62 bits per heavy atom. The number of aryl methyl sites for hydroxylation is 1. The van der Waals surface area contributed by atoms with E-state index in [-0.39, 0.29) is 5.56 Å². The summed E-state index contributed by atoms with van der Waals surface area (Å²) in [5, 5.41) is 18.4. The minimum Gasteiger partial charge on any atom is -0.496 e. The van der Waals surface area contributed by atoms with E-state index < -0.39 is 5.97 Å². The number of aromatic carboxylic acids is 1. The number of methoxy groups -OCH3 is 1. The number of pyridine rings is 1. The number of rotatable bonds is 13. The zero-order valence-corrected chi connectivity index (χ0v) is 22.7. The largest absolute Gasteiger partial charge is 0.496 e. The Bertz CT molecular complexity index is 1450. The summed E-state index contributed by atoms with van der Waals surface area (Å²) < 4.78 is 22.4. The van der Waals surface area contributed by atoms with Crippen LogP contribution in [0.1, 0.15) is 65.6 Å². The molecule has 1 aliphatic rings. The summed E-state index contributed by atoms with van der Waals surface area (Å²) in [4.78, 5) is 19.8. The molecular weight excluding hydrogens is 547 g/mol. The number of benzene rings is 1. The highest BCUT2D eigenvalue weighted by molar-refractivity contribution is 6.38. The lowest BCUT2D eigenvalue weighted by Crippen LogP contribution is -2.00. The quantitative estimate of drug-likeness (QED) is 0.174. The van der Waals surface area contributed by atoms with Gasteiger partial charge in [0.2, 0.25) is 11.7 Å². The van der Waals surface area contributed by atoms with Crippen LogP contribution in [0.2, 0.25) is 10.0 Å². The number of ether oxygens (including phenoxy) is 2. The summed E-state index contributed by atoms with van der Waals surface area (Å²) in [6.07, 6.45) is 8.35. The first-order valence-corrected chi connectivity index (χ1v) is 13.3. The van der Waals surface area contributed by atoms with Crippen molar-refractivity contribution in [2.75, 3.05) is 13.7 Å². The van der Waals surface area contributed by atoms with E-state index in [1.54, 1.807) is 6.07 Å². The third kappa shape index (κ3) is 6.24. The molecule has 39 heavy (non-hydrogen) atoms. The summed E-state index contributed by atoms with van der Waals surface area (Å²) in [6.45, 7) is 0.907. The maximum Gasteiger partial charge on any atom is 0.335 e. The average molecular weight is 573 g/mol. The van der Waals surface area contributed by atoms with Crippen molar-refractivity contribution in [3.63, 3.8) is 0 Å². The number of nitrogens with zero attached hydrogens (tertiary/aromatic N) is 4. The van der Waals surface area contributed by atoms with Gasteiger partial charge >= 0.3 is 5.97 Å². The molecule has 0 amide bonds. The zero-order chi connectivity index (χ0) is 27.4. The zero-order valence-electron chi connectivity index (χ0n) is 21.2. The predicted molar refractivity (Wildman–Crippen MR) is 142 cm³/mol. The molecule has 1 aliphatic carbocycles. The lowest BCUT2D eigenvalue weighted by atomic mass is 10.1. The second-order valence-corrected chi connectivity index (χ2v) is 10.0. The van der Waals surface area contributed by atoms with E-state index in [1.807, 2.05) is 0 Å². The molecule has 10 nitrogen and oxygen atoms in total. The molecule has 4 aromatic rings. The van der Waals surface area contributed by atoms with Crippen LogP contribution in [0.25, 0.3) is 22.6 Å². The van der Waals surface area contributed by atoms with Crippen molar-refractivity contribution in [1.82, 2.24) is 20.3 Å². The fourth-order valence-electron chi connectivity index (χ4n) is 4.27. The fourth-order valence-corrected chi connectivity index (χ4v) is 4.82. The van der Waals surface area contributed by atoms with Crippen LogP contribution in [0.4, 0.5) is 0 Å². The molecule has 0 unspecified atom stereocenters. The maximum absolute atomic E-state index is 11.3. The Labute approximate surface area is 234 Å². The molecule has 0 bridgehead atoms. The molecule has 204 valence electrons. The van der Waals surface area contributed by atoms with E-state index in [0.717, 1.165) is 43.4 Å². The van der Waals surface area contributed by atoms with Gasteiger partial charge in [0.05, 0.1) is 34.9 Å². The monoisotopic (exact) mass is 572 g/mol. The molecule has 1 aromatic carbocycles. The van der Waals surface area contributed by atoms with E-state index in [9.17, 15) is 9.90 Å². The van der Waals surface area contributed by atoms with Gasteiger partial charge in [-0.3, -0.25) is 4.98 Å². The van der Waals surface area contributed by atoms with E-state index >= 15 is 0 Å². The molecule has 0 radical (unpaired) electrons. The molecule has 1 N–H and O–H groups in total. The number of hydrogen-bond acceptors (Lipinski definition) is 9. The van der Waals surface area contributed by atoms with Crippen LogP contribution in [0.3, 0.4) is 0 Å². The Morgan fingerprint density at radius 2 is 1.90 bits per heavy atom. The number of carboxylic acids is 1. The maximum atomic E-state index is 11.3. The van der Waals surface area contributed by atoms with Crippen LogP contribution in [-0.4, -0.2) is 45.1 Å². The van der Waals surface area contributed by atoms with Crippen LogP contribution in [0, 0.1) is 0 Å². The molecule has 3 heterocycles. The molecule has 1 saturated carbocycles. The van der Waals surface area contributed by atoms with Crippen LogP contribution in [0.15, 0.2) is 39.6 Å². The normalized spacial score (nSPS) is 13.1. The Kier molecular flexibility index (Phi) is 8.44. The van der Waals surface area contributed by atoms with E-state index in [2.05, 4.69) is 20.3 Å². The molecular formula is C27H26Cl2N4O6. The topological polar surface area (TPSA) is 134 Å². The number of halogens is 2. The summed E-state index contributed by atoms with van der Waals surface area (Å²) in [5.74, 6) is 1.39. The molecule has 0 saturated heterocycles. The minimum absolute atomic E-state index is 0.117. The highest BCUT2D eigenvalue weighted by atomic mass is 35.5. The lowest BCUT2D eigenvalue weighted by Gasteiger charge is -2.08. The first-order valence-electron chi connectivity index (χ1n) is 12.6. The third-order valence-electron chi connectivity index (χ3n) is 6.44. The standard InChI is InChI=1S/C27H26Cl2N4O6/c1-36-21-9-8-16(27(34)35)11-17(21)26-31-22(38-33-26)5-3-2-4-10-37-14-18-24(32-39-25(18)15-6-7-15)23-19(28)12-30-13-20(23)29/h8-9,11-13,15H,2-7,10,14H2,1H3,(H,34,35). The molecule has 3 aromatic heterocycles. The average Bonchev–Trinajstić information content (AvgIpc) is 3.52. The number of unbranched alkanes of at least 4 members (excludes halogenated alkanes) is 2. The van der Waals surface area contributed by atoms with Gasteiger partial charge in [-0.2, -0.15) is 4.98 Å². The summed E-state index contributed by atoms with van der Waals surface area (Å²) in [5.41, 5.74) is 2.68. The van der Waals surface area contributed by atoms with Crippen molar-refractivity contribution in [3.8, 4) is 28.4 Å². The van der Waals surface area contributed by atoms with E-state index in [0.29, 0.717) is 69.9 Å². The van der Waals surface area contributed by atoms with Gasteiger partial charge in [0, 0.05) is 42.5 Å². The van der Waals surface area contributed by atoms with Crippen LogP contribution >= 0.6 is 23.2 Å². The van der Waals surface area contributed by atoms with Gasteiger partial charge in [-0.15, -0.1) is 0 Å².